The minimum atomic E-state index is -0.731. The van der Waals surface area contributed by atoms with Crippen molar-refractivity contribution in [2.24, 2.45) is 0 Å². The van der Waals surface area contributed by atoms with Crippen molar-refractivity contribution in [3.05, 3.63) is 17.0 Å². The monoisotopic (exact) mass is 298 g/mol. The van der Waals surface area contributed by atoms with Gasteiger partial charge in [0.1, 0.15) is 11.8 Å². The Kier molecular flexibility index (Phi) is 6.36. The van der Waals surface area contributed by atoms with Crippen LogP contribution in [0, 0.1) is 13.8 Å². The van der Waals surface area contributed by atoms with E-state index < -0.39 is 17.9 Å². The van der Waals surface area contributed by atoms with Gasteiger partial charge in [-0.3, -0.25) is 4.79 Å². The first-order valence-electron chi connectivity index (χ1n) is 6.72. The van der Waals surface area contributed by atoms with E-state index in [1.807, 2.05) is 0 Å². The molecule has 1 amide bonds. The normalized spacial score (nSPS) is 13.6. The number of carbonyl (C=O) groups is 2. The zero-order valence-electron chi connectivity index (χ0n) is 13.1. The number of aromatic nitrogens is 1. The summed E-state index contributed by atoms with van der Waals surface area (Å²) in [4.78, 5) is 24.0. The van der Waals surface area contributed by atoms with Gasteiger partial charge in [-0.15, -0.1) is 0 Å². The van der Waals surface area contributed by atoms with Gasteiger partial charge in [0.25, 0.3) is 0 Å². The van der Waals surface area contributed by atoms with Crippen molar-refractivity contribution < 1.29 is 23.6 Å². The SMILES string of the molecule is COCCC(NC(=O)C(C)c1c(C)noc1C)C(=O)OC. The Hall–Kier alpha value is -1.89. The number of nitrogens with zero attached hydrogens (tertiary/aromatic N) is 1. The van der Waals surface area contributed by atoms with Crippen LogP contribution in [0.4, 0.5) is 0 Å². The molecule has 118 valence electrons. The third-order valence-electron chi connectivity index (χ3n) is 3.33. The molecule has 1 aromatic rings. The predicted octanol–water partition coefficient (Wildman–Crippen LogP) is 1.09. The van der Waals surface area contributed by atoms with Crippen LogP contribution in [-0.2, 0) is 19.1 Å². The summed E-state index contributed by atoms with van der Waals surface area (Å²) in [5, 5.41) is 6.52. The van der Waals surface area contributed by atoms with E-state index in [0.29, 0.717) is 24.5 Å². The number of hydrogen-bond donors (Lipinski definition) is 1. The molecule has 1 heterocycles. The van der Waals surface area contributed by atoms with Crippen LogP contribution >= 0.6 is 0 Å². The maximum Gasteiger partial charge on any atom is 0.328 e. The van der Waals surface area contributed by atoms with Crippen LogP contribution in [0.1, 0.15) is 36.3 Å². The van der Waals surface area contributed by atoms with Gasteiger partial charge >= 0.3 is 5.97 Å². The number of aryl methyl sites for hydroxylation is 2. The summed E-state index contributed by atoms with van der Waals surface area (Å²) in [5.41, 5.74) is 1.41. The lowest BCUT2D eigenvalue weighted by molar-refractivity contribution is -0.145. The van der Waals surface area contributed by atoms with Gasteiger partial charge in [-0.25, -0.2) is 4.79 Å². The molecule has 21 heavy (non-hydrogen) atoms. The van der Waals surface area contributed by atoms with E-state index in [4.69, 9.17) is 9.26 Å². The highest BCUT2D eigenvalue weighted by Crippen LogP contribution is 2.23. The van der Waals surface area contributed by atoms with E-state index in [2.05, 4.69) is 15.2 Å². The Balaban J connectivity index is 2.79. The van der Waals surface area contributed by atoms with Gasteiger partial charge in [0.15, 0.2) is 0 Å². The average molecular weight is 298 g/mol. The fourth-order valence-corrected chi connectivity index (χ4v) is 2.16. The molecule has 0 aliphatic heterocycles. The molecule has 0 aliphatic carbocycles. The van der Waals surface area contributed by atoms with E-state index in [9.17, 15) is 9.59 Å². The smallest absolute Gasteiger partial charge is 0.328 e. The van der Waals surface area contributed by atoms with Gasteiger partial charge in [-0.2, -0.15) is 0 Å². The van der Waals surface area contributed by atoms with E-state index >= 15 is 0 Å². The van der Waals surface area contributed by atoms with Gasteiger partial charge in [0.05, 0.1) is 18.7 Å². The third-order valence-corrected chi connectivity index (χ3v) is 3.33. The minimum Gasteiger partial charge on any atom is -0.467 e. The highest BCUT2D eigenvalue weighted by Gasteiger charge is 2.27. The summed E-state index contributed by atoms with van der Waals surface area (Å²) in [6.07, 6.45) is 0.350. The maximum atomic E-state index is 12.3. The van der Waals surface area contributed by atoms with Crippen LogP contribution in [-0.4, -0.2) is 43.9 Å². The van der Waals surface area contributed by atoms with Crippen LogP contribution in [0.3, 0.4) is 0 Å². The molecule has 2 unspecified atom stereocenters. The molecule has 0 saturated carbocycles. The number of hydrogen-bond acceptors (Lipinski definition) is 6. The first-order chi connectivity index (χ1) is 9.92. The molecule has 0 spiro atoms. The molecular weight excluding hydrogens is 276 g/mol. The Labute approximate surface area is 124 Å². The third kappa shape index (κ3) is 4.29. The van der Waals surface area contributed by atoms with E-state index in [1.54, 1.807) is 20.8 Å². The number of amides is 1. The van der Waals surface area contributed by atoms with E-state index in [1.165, 1.54) is 14.2 Å². The van der Waals surface area contributed by atoms with Gasteiger partial charge in [-0.05, 0) is 20.8 Å². The Morgan fingerprint density at radius 2 is 2.00 bits per heavy atom. The average Bonchev–Trinajstić information content (AvgIpc) is 2.80. The van der Waals surface area contributed by atoms with Crippen LogP contribution in [0.25, 0.3) is 0 Å². The maximum absolute atomic E-state index is 12.3. The van der Waals surface area contributed by atoms with Crippen molar-refractivity contribution in [3.8, 4) is 0 Å². The Morgan fingerprint density at radius 3 is 2.48 bits per heavy atom. The number of methoxy groups -OCH3 is 2. The highest BCUT2D eigenvalue weighted by molar-refractivity contribution is 5.88. The molecule has 7 heteroatoms. The second-order valence-corrected chi connectivity index (χ2v) is 4.83. The van der Waals surface area contributed by atoms with E-state index in [0.717, 1.165) is 5.56 Å². The van der Waals surface area contributed by atoms with Gasteiger partial charge in [0.2, 0.25) is 5.91 Å². The highest BCUT2D eigenvalue weighted by atomic mass is 16.5. The van der Waals surface area contributed by atoms with Crippen molar-refractivity contribution in [3.63, 3.8) is 0 Å². The zero-order valence-corrected chi connectivity index (χ0v) is 13.1. The zero-order chi connectivity index (χ0) is 16.0. The lowest BCUT2D eigenvalue weighted by Gasteiger charge is -2.19. The number of rotatable bonds is 7. The van der Waals surface area contributed by atoms with E-state index in [-0.39, 0.29) is 5.91 Å². The Morgan fingerprint density at radius 1 is 1.33 bits per heavy atom. The summed E-state index contributed by atoms with van der Waals surface area (Å²) in [6, 6.07) is -0.731. The molecule has 0 radical (unpaired) electrons. The van der Waals surface area contributed by atoms with Crippen molar-refractivity contribution >= 4 is 11.9 Å². The predicted molar refractivity (Wildman–Crippen MR) is 74.8 cm³/mol. The quantitative estimate of drug-likeness (QED) is 0.758. The summed E-state index contributed by atoms with van der Waals surface area (Å²) in [5.74, 6) is -0.644. The van der Waals surface area contributed by atoms with Crippen LogP contribution in [0.5, 0.6) is 0 Å². The lowest BCUT2D eigenvalue weighted by Crippen LogP contribution is -2.44. The molecule has 2 atom stereocenters. The lowest BCUT2D eigenvalue weighted by atomic mass is 9.98. The molecule has 1 rings (SSSR count). The standard InChI is InChI=1S/C14H22N2O5/c1-8(12-9(2)16-21-10(12)3)13(17)15-11(6-7-19-4)14(18)20-5/h8,11H,6-7H2,1-5H3,(H,15,17). The second-order valence-electron chi connectivity index (χ2n) is 4.83. The van der Waals surface area contributed by atoms with Crippen molar-refractivity contribution in [2.75, 3.05) is 20.8 Å². The number of ether oxygens (including phenoxy) is 2. The molecule has 7 nitrogen and oxygen atoms in total. The van der Waals surface area contributed by atoms with Gasteiger partial charge < -0.3 is 19.3 Å². The summed E-state index contributed by atoms with van der Waals surface area (Å²) in [7, 11) is 2.81. The second kappa shape index (κ2) is 7.78. The van der Waals surface area contributed by atoms with Crippen molar-refractivity contribution in [2.45, 2.75) is 39.2 Å². The van der Waals surface area contributed by atoms with Crippen LogP contribution in [0.2, 0.25) is 0 Å². The first-order valence-corrected chi connectivity index (χ1v) is 6.72. The molecule has 1 N–H and O–H groups in total. The Bertz CT molecular complexity index is 478. The summed E-state index contributed by atoms with van der Waals surface area (Å²) in [6.45, 7) is 5.62. The number of carbonyl (C=O) groups excluding carboxylic acids is 2. The van der Waals surface area contributed by atoms with Gasteiger partial charge in [0, 0.05) is 25.7 Å². The topological polar surface area (TPSA) is 90.7 Å². The number of nitrogens with one attached hydrogen (secondary N) is 1. The fraction of sp³-hybridized carbons (Fsp3) is 0.643. The van der Waals surface area contributed by atoms with Crippen LogP contribution < -0.4 is 5.32 Å². The first kappa shape index (κ1) is 17.2. The molecule has 0 fully saturated rings. The van der Waals surface area contributed by atoms with Crippen LogP contribution in [0.15, 0.2) is 4.52 Å². The molecule has 0 aromatic carbocycles. The molecular formula is C14H22N2O5. The van der Waals surface area contributed by atoms with Gasteiger partial charge in [-0.1, -0.05) is 5.16 Å². The fourth-order valence-electron chi connectivity index (χ4n) is 2.16. The molecule has 0 bridgehead atoms. The molecule has 1 aromatic heterocycles. The largest absolute Gasteiger partial charge is 0.467 e. The number of esters is 1. The van der Waals surface area contributed by atoms with Crippen molar-refractivity contribution in [1.82, 2.24) is 10.5 Å². The molecule has 0 aliphatic rings. The summed E-state index contributed by atoms with van der Waals surface area (Å²) < 4.78 is 14.7. The minimum absolute atomic E-state index is 0.282. The summed E-state index contributed by atoms with van der Waals surface area (Å²) >= 11 is 0. The van der Waals surface area contributed by atoms with Crippen molar-refractivity contribution in [1.29, 1.82) is 0 Å². The molecule has 0 saturated heterocycles.